The number of carbonyl (C=O) groups is 1. The first kappa shape index (κ1) is 17.8. The molecule has 0 heterocycles. The molecule has 0 saturated carbocycles. The van der Waals surface area contributed by atoms with E-state index in [-0.39, 0.29) is 6.61 Å². The molecule has 0 aromatic heterocycles. The van der Waals surface area contributed by atoms with Crippen LogP contribution in [0.3, 0.4) is 0 Å². The van der Waals surface area contributed by atoms with Crippen molar-refractivity contribution >= 4 is 5.97 Å². The van der Waals surface area contributed by atoms with Gasteiger partial charge in [0.05, 0.1) is 5.56 Å². The van der Waals surface area contributed by atoms with Gasteiger partial charge >= 0.3 is 5.97 Å². The van der Waals surface area contributed by atoms with E-state index in [9.17, 15) is 9.90 Å². The summed E-state index contributed by atoms with van der Waals surface area (Å²) in [5.41, 5.74) is 4.15. The first-order valence-electron chi connectivity index (χ1n) is 7.35. The Kier molecular flexibility index (Phi) is 6.64. The molecule has 0 fully saturated rings. The summed E-state index contributed by atoms with van der Waals surface area (Å²) >= 11 is 0. The molecule has 0 bridgehead atoms. The van der Waals surface area contributed by atoms with E-state index in [0.29, 0.717) is 11.3 Å². The van der Waals surface area contributed by atoms with Crippen molar-refractivity contribution < 1.29 is 14.6 Å². The lowest BCUT2D eigenvalue weighted by Crippen LogP contribution is -2.07. The number of carboxylic acids is 1. The molecular weight excluding hydrogens is 276 g/mol. The Morgan fingerprint density at radius 2 is 2.00 bits per heavy atom. The van der Waals surface area contributed by atoms with Gasteiger partial charge in [-0.05, 0) is 50.5 Å². The molecule has 0 spiro atoms. The summed E-state index contributed by atoms with van der Waals surface area (Å²) in [4.78, 5) is 11.4. The number of benzene rings is 1. The molecule has 1 N–H and O–H groups in total. The summed E-state index contributed by atoms with van der Waals surface area (Å²) in [5, 5.41) is 9.34. The molecule has 0 atom stereocenters. The number of rotatable bonds is 7. The van der Waals surface area contributed by atoms with E-state index >= 15 is 0 Å². The maximum atomic E-state index is 11.4. The zero-order chi connectivity index (χ0) is 16.7. The molecule has 0 radical (unpaired) electrons. The highest BCUT2D eigenvalue weighted by Gasteiger charge is 2.14. The van der Waals surface area contributed by atoms with E-state index in [2.05, 4.69) is 6.58 Å². The number of hydrogen-bond donors (Lipinski definition) is 1. The van der Waals surface area contributed by atoms with Crippen LogP contribution in [0.5, 0.6) is 0 Å². The van der Waals surface area contributed by atoms with Gasteiger partial charge in [0.1, 0.15) is 12.4 Å². The number of aromatic carboxylic acids is 1. The van der Waals surface area contributed by atoms with Crippen LogP contribution in [0, 0.1) is 0 Å². The SMILES string of the molecule is C=C/C(OCc1c(CC)cccc1C(=O)O)=C(/C)C=C(C)C. The lowest BCUT2D eigenvalue weighted by Gasteiger charge is -2.14. The Hall–Kier alpha value is -2.29. The van der Waals surface area contributed by atoms with Crippen LogP contribution in [0.2, 0.25) is 0 Å². The second-order valence-corrected chi connectivity index (χ2v) is 5.36. The third-order valence-electron chi connectivity index (χ3n) is 3.34. The quantitative estimate of drug-likeness (QED) is 0.576. The molecule has 3 nitrogen and oxygen atoms in total. The average Bonchev–Trinajstić information content (AvgIpc) is 2.46. The van der Waals surface area contributed by atoms with Crippen molar-refractivity contribution in [1.29, 1.82) is 0 Å². The predicted octanol–water partition coefficient (Wildman–Crippen LogP) is 4.89. The second-order valence-electron chi connectivity index (χ2n) is 5.36. The van der Waals surface area contributed by atoms with Crippen molar-refractivity contribution in [2.75, 3.05) is 0 Å². The van der Waals surface area contributed by atoms with Gasteiger partial charge in [-0.25, -0.2) is 4.79 Å². The lowest BCUT2D eigenvalue weighted by atomic mass is 10.00. The fourth-order valence-electron chi connectivity index (χ4n) is 2.32. The summed E-state index contributed by atoms with van der Waals surface area (Å²) in [6.45, 7) is 12.0. The van der Waals surface area contributed by atoms with Crippen LogP contribution in [-0.2, 0) is 17.8 Å². The van der Waals surface area contributed by atoms with Crippen LogP contribution >= 0.6 is 0 Å². The van der Waals surface area contributed by atoms with Crippen molar-refractivity contribution in [3.8, 4) is 0 Å². The molecular formula is C19H24O3. The maximum Gasteiger partial charge on any atom is 0.336 e. The van der Waals surface area contributed by atoms with Crippen molar-refractivity contribution in [2.24, 2.45) is 0 Å². The lowest BCUT2D eigenvalue weighted by molar-refractivity contribution is 0.0692. The summed E-state index contributed by atoms with van der Waals surface area (Å²) in [6.07, 6.45) is 4.44. The normalized spacial score (nSPS) is 11.5. The Morgan fingerprint density at radius 1 is 1.32 bits per heavy atom. The molecule has 0 unspecified atom stereocenters. The standard InChI is InChI=1S/C19H24O3/c1-6-15-9-8-10-16(19(20)21)17(15)12-22-18(7-2)14(5)11-13(3)4/h7-11H,2,6,12H2,1,3-5H3,(H,20,21)/b18-14+. The van der Waals surface area contributed by atoms with Gasteiger partial charge in [-0.1, -0.05) is 37.3 Å². The first-order chi connectivity index (χ1) is 10.4. The Labute approximate surface area is 132 Å². The Morgan fingerprint density at radius 3 is 2.50 bits per heavy atom. The van der Waals surface area contributed by atoms with Gasteiger partial charge in [-0.3, -0.25) is 0 Å². The molecule has 3 heteroatoms. The van der Waals surface area contributed by atoms with Gasteiger partial charge in [0.15, 0.2) is 0 Å². The molecule has 0 aliphatic rings. The summed E-state index contributed by atoms with van der Waals surface area (Å²) in [6, 6.07) is 5.32. The van der Waals surface area contributed by atoms with Gasteiger partial charge < -0.3 is 9.84 Å². The number of hydrogen-bond acceptors (Lipinski definition) is 2. The summed E-state index contributed by atoms with van der Waals surface area (Å²) in [5.74, 6) is -0.262. The number of aryl methyl sites for hydroxylation is 1. The van der Waals surface area contributed by atoms with Gasteiger partial charge in [0, 0.05) is 5.56 Å². The van der Waals surface area contributed by atoms with Crippen molar-refractivity contribution in [2.45, 2.75) is 40.7 Å². The second kappa shape index (κ2) is 8.23. The predicted molar refractivity (Wildman–Crippen MR) is 89.9 cm³/mol. The van der Waals surface area contributed by atoms with Gasteiger partial charge in [-0.15, -0.1) is 0 Å². The van der Waals surface area contributed by atoms with Crippen LogP contribution in [0.4, 0.5) is 0 Å². The number of allylic oxidation sites excluding steroid dienone is 4. The van der Waals surface area contributed by atoms with E-state index in [1.54, 1.807) is 18.2 Å². The van der Waals surface area contributed by atoms with Crippen LogP contribution in [0.25, 0.3) is 0 Å². The molecule has 22 heavy (non-hydrogen) atoms. The molecule has 0 aliphatic carbocycles. The van der Waals surface area contributed by atoms with Crippen molar-refractivity contribution in [1.82, 2.24) is 0 Å². The van der Waals surface area contributed by atoms with E-state index in [1.807, 2.05) is 39.8 Å². The fourth-order valence-corrected chi connectivity index (χ4v) is 2.32. The average molecular weight is 300 g/mol. The monoisotopic (exact) mass is 300 g/mol. The van der Waals surface area contributed by atoms with E-state index < -0.39 is 5.97 Å². The summed E-state index contributed by atoms with van der Waals surface area (Å²) < 4.78 is 5.83. The molecule has 1 aromatic carbocycles. The zero-order valence-corrected chi connectivity index (χ0v) is 13.8. The number of ether oxygens (including phenoxy) is 1. The maximum absolute atomic E-state index is 11.4. The molecule has 0 amide bonds. The van der Waals surface area contributed by atoms with Gasteiger partial charge in [0.25, 0.3) is 0 Å². The fraction of sp³-hybridized carbons (Fsp3) is 0.316. The van der Waals surface area contributed by atoms with Crippen molar-refractivity contribution in [3.63, 3.8) is 0 Å². The van der Waals surface area contributed by atoms with Gasteiger partial charge in [0.2, 0.25) is 0 Å². The zero-order valence-electron chi connectivity index (χ0n) is 13.8. The molecule has 0 saturated heterocycles. The van der Waals surface area contributed by atoms with Crippen LogP contribution < -0.4 is 0 Å². The first-order valence-corrected chi connectivity index (χ1v) is 7.35. The van der Waals surface area contributed by atoms with E-state index in [0.717, 1.165) is 23.1 Å². The minimum Gasteiger partial charge on any atom is -0.489 e. The molecule has 0 aliphatic heterocycles. The highest BCUT2D eigenvalue weighted by Crippen LogP contribution is 2.20. The third-order valence-corrected chi connectivity index (χ3v) is 3.34. The molecule has 1 rings (SSSR count). The number of carboxylic acid groups (broad SMARTS) is 1. The smallest absolute Gasteiger partial charge is 0.336 e. The minimum atomic E-state index is -0.931. The van der Waals surface area contributed by atoms with E-state index in [4.69, 9.17) is 4.74 Å². The van der Waals surface area contributed by atoms with Crippen LogP contribution in [0.1, 0.15) is 49.2 Å². The topological polar surface area (TPSA) is 46.5 Å². The van der Waals surface area contributed by atoms with E-state index in [1.165, 1.54) is 5.57 Å². The largest absolute Gasteiger partial charge is 0.489 e. The molecule has 118 valence electrons. The highest BCUT2D eigenvalue weighted by molar-refractivity contribution is 5.89. The highest BCUT2D eigenvalue weighted by atomic mass is 16.5. The van der Waals surface area contributed by atoms with Crippen LogP contribution in [0.15, 0.2) is 53.8 Å². The summed E-state index contributed by atoms with van der Waals surface area (Å²) in [7, 11) is 0. The molecule has 1 aromatic rings. The third kappa shape index (κ3) is 4.62. The Bertz CT molecular complexity index is 618. The van der Waals surface area contributed by atoms with Gasteiger partial charge in [-0.2, -0.15) is 0 Å². The Balaban J connectivity index is 3.12. The minimum absolute atomic E-state index is 0.223. The van der Waals surface area contributed by atoms with Crippen LogP contribution in [-0.4, -0.2) is 11.1 Å². The van der Waals surface area contributed by atoms with Crippen molar-refractivity contribution in [3.05, 3.63) is 70.5 Å².